The molecule has 0 unspecified atom stereocenters. The quantitative estimate of drug-likeness (QED) is 0.742. The van der Waals surface area contributed by atoms with Crippen LogP contribution in [0.15, 0.2) is 18.2 Å². The van der Waals surface area contributed by atoms with Crippen molar-refractivity contribution in [1.82, 2.24) is 0 Å². The highest BCUT2D eigenvalue weighted by Gasteiger charge is 2.04. The fourth-order valence-electron chi connectivity index (χ4n) is 0.827. The molecule has 1 rings (SSSR count). The molecule has 0 heterocycles. The van der Waals surface area contributed by atoms with E-state index in [1.54, 1.807) is 0 Å². The first-order chi connectivity index (χ1) is 6.08. The molecule has 0 aliphatic rings. The van der Waals surface area contributed by atoms with E-state index < -0.39 is 18.8 Å². The standard InChI is InChI=1S/C8H8F3NO/c9-5-1-6(12)3-7(2-5)13-4-8(10)11/h1-3,8H,4,12H2. The number of rotatable bonds is 3. The summed E-state index contributed by atoms with van der Waals surface area (Å²) in [6, 6.07) is 3.36. The maximum atomic E-state index is 12.6. The summed E-state index contributed by atoms with van der Waals surface area (Å²) in [6.07, 6.45) is -2.58. The molecular formula is C8H8F3NO. The number of hydrogen-bond acceptors (Lipinski definition) is 2. The first-order valence-corrected chi connectivity index (χ1v) is 3.55. The van der Waals surface area contributed by atoms with Crippen molar-refractivity contribution in [1.29, 1.82) is 0 Å². The van der Waals surface area contributed by atoms with Gasteiger partial charge in [-0.25, -0.2) is 13.2 Å². The topological polar surface area (TPSA) is 35.2 Å². The molecule has 13 heavy (non-hydrogen) atoms. The second-order valence-corrected chi connectivity index (χ2v) is 2.42. The van der Waals surface area contributed by atoms with Gasteiger partial charge in [0.05, 0.1) is 0 Å². The zero-order valence-electron chi connectivity index (χ0n) is 6.64. The second kappa shape index (κ2) is 4.02. The number of nitrogens with two attached hydrogens (primary N) is 1. The van der Waals surface area contributed by atoms with Crippen molar-refractivity contribution >= 4 is 5.69 Å². The van der Waals surface area contributed by atoms with E-state index in [1.807, 2.05) is 0 Å². The van der Waals surface area contributed by atoms with E-state index in [-0.39, 0.29) is 11.4 Å². The van der Waals surface area contributed by atoms with E-state index in [0.29, 0.717) is 0 Å². The number of alkyl halides is 2. The summed E-state index contributed by atoms with van der Waals surface area (Å²) in [5, 5.41) is 0. The van der Waals surface area contributed by atoms with Gasteiger partial charge in [-0.15, -0.1) is 0 Å². The Morgan fingerprint density at radius 1 is 1.31 bits per heavy atom. The summed E-state index contributed by atoms with van der Waals surface area (Å²) in [6.45, 7) is -0.761. The van der Waals surface area contributed by atoms with Gasteiger partial charge in [0.2, 0.25) is 0 Å². The lowest BCUT2D eigenvalue weighted by Gasteiger charge is -2.05. The van der Waals surface area contributed by atoms with Crippen molar-refractivity contribution in [3.8, 4) is 5.75 Å². The molecular weight excluding hydrogens is 183 g/mol. The maximum absolute atomic E-state index is 12.6. The summed E-state index contributed by atoms with van der Waals surface area (Å²) in [7, 11) is 0. The average Bonchev–Trinajstić information content (AvgIpc) is 1.99. The molecule has 2 nitrogen and oxygen atoms in total. The van der Waals surface area contributed by atoms with Crippen molar-refractivity contribution in [3.05, 3.63) is 24.0 Å². The Morgan fingerprint density at radius 2 is 2.00 bits per heavy atom. The van der Waals surface area contributed by atoms with Crippen LogP contribution in [0.4, 0.5) is 18.9 Å². The minimum Gasteiger partial charge on any atom is -0.487 e. The van der Waals surface area contributed by atoms with E-state index in [1.165, 1.54) is 6.07 Å². The van der Waals surface area contributed by atoms with Gasteiger partial charge in [0, 0.05) is 17.8 Å². The monoisotopic (exact) mass is 191 g/mol. The molecule has 2 N–H and O–H groups in total. The van der Waals surface area contributed by atoms with Gasteiger partial charge in [-0.05, 0) is 6.07 Å². The molecule has 0 fully saturated rings. The molecule has 0 aliphatic carbocycles. The Bertz CT molecular complexity index is 270. The van der Waals surface area contributed by atoms with Crippen LogP contribution < -0.4 is 10.5 Å². The Hall–Kier alpha value is -1.39. The number of anilines is 1. The first kappa shape index (κ1) is 9.70. The molecule has 0 aromatic heterocycles. The zero-order valence-corrected chi connectivity index (χ0v) is 6.64. The molecule has 1 aromatic carbocycles. The maximum Gasteiger partial charge on any atom is 0.272 e. The average molecular weight is 191 g/mol. The summed E-state index contributed by atoms with van der Waals surface area (Å²) >= 11 is 0. The predicted molar refractivity (Wildman–Crippen MR) is 42.3 cm³/mol. The van der Waals surface area contributed by atoms with Crippen LogP contribution in [0.1, 0.15) is 0 Å². The van der Waals surface area contributed by atoms with Gasteiger partial charge in [-0.3, -0.25) is 0 Å². The SMILES string of the molecule is Nc1cc(F)cc(OCC(F)F)c1. The number of halogens is 3. The van der Waals surface area contributed by atoms with Gasteiger partial charge in [0.1, 0.15) is 18.2 Å². The summed E-state index contributed by atoms with van der Waals surface area (Å²) < 4.78 is 40.5. The van der Waals surface area contributed by atoms with Crippen molar-refractivity contribution in [3.63, 3.8) is 0 Å². The van der Waals surface area contributed by atoms with Crippen LogP contribution in [-0.4, -0.2) is 13.0 Å². The van der Waals surface area contributed by atoms with E-state index in [4.69, 9.17) is 5.73 Å². The smallest absolute Gasteiger partial charge is 0.272 e. The van der Waals surface area contributed by atoms with Gasteiger partial charge >= 0.3 is 0 Å². The Balaban J connectivity index is 2.66. The van der Waals surface area contributed by atoms with Crippen LogP contribution in [0.3, 0.4) is 0 Å². The summed E-state index contributed by atoms with van der Waals surface area (Å²) in [5.74, 6) is -0.595. The fraction of sp³-hybridized carbons (Fsp3) is 0.250. The lowest BCUT2D eigenvalue weighted by atomic mass is 10.3. The molecule has 0 aliphatic heterocycles. The lowest BCUT2D eigenvalue weighted by Crippen LogP contribution is -2.07. The number of nitrogen functional groups attached to an aromatic ring is 1. The molecule has 0 saturated carbocycles. The molecule has 5 heteroatoms. The van der Waals surface area contributed by atoms with Gasteiger partial charge in [-0.1, -0.05) is 0 Å². The molecule has 0 spiro atoms. The van der Waals surface area contributed by atoms with Crippen LogP contribution in [0.5, 0.6) is 5.75 Å². The third-order valence-electron chi connectivity index (χ3n) is 1.27. The molecule has 0 atom stereocenters. The Labute approximate surface area is 73.1 Å². The fourth-order valence-corrected chi connectivity index (χ4v) is 0.827. The highest BCUT2D eigenvalue weighted by molar-refractivity contribution is 5.44. The van der Waals surface area contributed by atoms with E-state index in [2.05, 4.69) is 4.74 Å². The molecule has 0 saturated heterocycles. The van der Waals surface area contributed by atoms with Gasteiger partial charge in [0.25, 0.3) is 6.43 Å². The number of hydrogen-bond donors (Lipinski definition) is 1. The summed E-state index contributed by atoms with van der Waals surface area (Å²) in [4.78, 5) is 0. The van der Waals surface area contributed by atoms with Crippen LogP contribution >= 0.6 is 0 Å². The van der Waals surface area contributed by atoms with Crippen molar-refractivity contribution < 1.29 is 17.9 Å². The van der Waals surface area contributed by atoms with E-state index in [0.717, 1.165) is 12.1 Å². The van der Waals surface area contributed by atoms with Gasteiger partial charge in [-0.2, -0.15) is 0 Å². The summed E-state index contributed by atoms with van der Waals surface area (Å²) in [5.41, 5.74) is 5.40. The number of benzene rings is 1. The van der Waals surface area contributed by atoms with Gasteiger partial charge < -0.3 is 10.5 Å². The third-order valence-corrected chi connectivity index (χ3v) is 1.27. The molecule has 0 radical (unpaired) electrons. The van der Waals surface area contributed by atoms with Crippen molar-refractivity contribution in [2.24, 2.45) is 0 Å². The van der Waals surface area contributed by atoms with E-state index in [9.17, 15) is 13.2 Å². The second-order valence-electron chi connectivity index (χ2n) is 2.42. The predicted octanol–water partition coefficient (Wildman–Crippen LogP) is 2.05. The van der Waals surface area contributed by atoms with Crippen LogP contribution in [0.2, 0.25) is 0 Å². The van der Waals surface area contributed by atoms with Gasteiger partial charge in [0.15, 0.2) is 0 Å². The minimum atomic E-state index is -2.58. The Kier molecular flexibility index (Phi) is 3.00. The highest BCUT2D eigenvalue weighted by atomic mass is 19.3. The Morgan fingerprint density at radius 3 is 2.54 bits per heavy atom. The zero-order chi connectivity index (χ0) is 9.84. The van der Waals surface area contributed by atoms with Crippen LogP contribution in [0.25, 0.3) is 0 Å². The van der Waals surface area contributed by atoms with Crippen molar-refractivity contribution in [2.45, 2.75) is 6.43 Å². The minimum absolute atomic E-state index is 0.0119. The van der Waals surface area contributed by atoms with Crippen LogP contribution in [-0.2, 0) is 0 Å². The molecule has 0 bridgehead atoms. The lowest BCUT2D eigenvalue weighted by molar-refractivity contribution is 0.0817. The highest BCUT2D eigenvalue weighted by Crippen LogP contribution is 2.18. The van der Waals surface area contributed by atoms with Crippen LogP contribution in [0, 0.1) is 5.82 Å². The molecule has 1 aromatic rings. The number of ether oxygens (including phenoxy) is 1. The normalized spacial score (nSPS) is 10.5. The third kappa shape index (κ3) is 3.23. The molecule has 0 amide bonds. The van der Waals surface area contributed by atoms with E-state index >= 15 is 0 Å². The first-order valence-electron chi connectivity index (χ1n) is 3.55. The molecule has 72 valence electrons. The van der Waals surface area contributed by atoms with Crippen molar-refractivity contribution in [2.75, 3.05) is 12.3 Å². The largest absolute Gasteiger partial charge is 0.487 e.